The summed E-state index contributed by atoms with van der Waals surface area (Å²) >= 11 is 0. The first-order chi connectivity index (χ1) is 2.93. The van der Waals surface area contributed by atoms with Gasteiger partial charge >= 0.3 is 0 Å². The Labute approximate surface area is 44.9 Å². The molecule has 0 aromatic carbocycles. The van der Waals surface area contributed by atoms with Gasteiger partial charge in [0.05, 0.1) is 6.10 Å². The Balaban J connectivity index is 0.000000360. The SMILES string of the molecule is C.COC1CNC1. The molecule has 1 fully saturated rings. The Bertz CT molecular complexity index is 40.6. The molecule has 1 rings (SSSR count). The molecule has 0 bridgehead atoms. The van der Waals surface area contributed by atoms with Crippen molar-refractivity contribution in [3.63, 3.8) is 0 Å². The van der Waals surface area contributed by atoms with Crippen molar-refractivity contribution >= 4 is 0 Å². The summed E-state index contributed by atoms with van der Waals surface area (Å²) in [5, 5.41) is 3.09. The minimum absolute atomic E-state index is 0. The fraction of sp³-hybridized carbons (Fsp3) is 1.00. The highest BCUT2D eigenvalue weighted by Crippen LogP contribution is 1.92. The number of rotatable bonds is 1. The molecule has 1 N–H and O–H groups in total. The van der Waals surface area contributed by atoms with E-state index in [2.05, 4.69) is 5.32 Å². The van der Waals surface area contributed by atoms with Crippen molar-refractivity contribution in [1.29, 1.82) is 0 Å². The lowest BCUT2D eigenvalue weighted by Crippen LogP contribution is -2.47. The third-order valence-corrected chi connectivity index (χ3v) is 1.08. The molecule has 0 spiro atoms. The molecule has 0 radical (unpaired) electrons. The van der Waals surface area contributed by atoms with Crippen LogP contribution in [-0.2, 0) is 4.74 Å². The normalized spacial score (nSPS) is 20.1. The van der Waals surface area contributed by atoms with Crippen molar-refractivity contribution in [1.82, 2.24) is 5.32 Å². The van der Waals surface area contributed by atoms with Gasteiger partial charge in [0.2, 0.25) is 0 Å². The second kappa shape index (κ2) is 2.99. The molecule has 0 aliphatic carbocycles. The Morgan fingerprint density at radius 2 is 2.14 bits per heavy atom. The third-order valence-electron chi connectivity index (χ3n) is 1.08. The molecule has 1 aliphatic heterocycles. The highest BCUT2D eigenvalue weighted by molar-refractivity contribution is 4.73. The van der Waals surface area contributed by atoms with Gasteiger partial charge < -0.3 is 10.1 Å². The van der Waals surface area contributed by atoms with Gasteiger partial charge in [-0.15, -0.1) is 0 Å². The standard InChI is InChI=1S/C4H9NO.CH4/c1-6-4-2-5-3-4;/h4-5H,2-3H2,1H3;1H4. The first kappa shape index (κ1) is 6.92. The van der Waals surface area contributed by atoms with Gasteiger partial charge in [-0.2, -0.15) is 0 Å². The Morgan fingerprint density at radius 1 is 1.57 bits per heavy atom. The van der Waals surface area contributed by atoms with Crippen LogP contribution in [0, 0.1) is 0 Å². The third kappa shape index (κ3) is 1.45. The van der Waals surface area contributed by atoms with E-state index < -0.39 is 0 Å². The van der Waals surface area contributed by atoms with E-state index in [1.54, 1.807) is 7.11 Å². The molecule has 44 valence electrons. The summed E-state index contributed by atoms with van der Waals surface area (Å²) in [5.74, 6) is 0. The number of nitrogens with one attached hydrogen (secondary N) is 1. The van der Waals surface area contributed by atoms with Crippen LogP contribution >= 0.6 is 0 Å². The van der Waals surface area contributed by atoms with E-state index in [-0.39, 0.29) is 7.43 Å². The maximum Gasteiger partial charge on any atom is 0.0819 e. The highest BCUT2D eigenvalue weighted by Gasteiger charge is 2.13. The Hall–Kier alpha value is -0.0800. The lowest BCUT2D eigenvalue weighted by atomic mass is 10.2. The van der Waals surface area contributed by atoms with Gasteiger partial charge in [-0.05, 0) is 0 Å². The van der Waals surface area contributed by atoms with Crippen molar-refractivity contribution in [2.24, 2.45) is 0 Å². The molecule has 7 heavy (non-hydrogen) atoms. The molecule has 0 aromatic heterocycles. The molecule has 0 aromatic rings. The molecular formula is C5H13NO. The van der Waals surface area contributed by atoms with Crippen LogP contribution in [0.1, 0.15) is 7.43 Å². The summed E-state index contributed by atoms with van der Waals surface area (Å²) in [6.45, 7) is 2.08. The van der Waals surface area contributed by atoms with Gasteiger partial charge in [0.1, 0.15) is 0 Å². The number of hydrogen-bond acceptors (Lipinski definition) is 2. The molecule has 1 aliphatic rings. The van der Waals surface area contributed by atoms with E-state index in [4.69, 9.17) is 4.74 Å². The molecule has 2 heteroatoms. The van der Waals surface area contributed by atoms with Crippen LogP contribution in [0.3, 0.4) is 0 Å². The van der Waals surface area contributed by atoms with Crippen molar-refractivity contribution in [2.75, 3.05) is 20.2 Å². The van der Waals surface area contributed by atoms with Crippen molar-refractivity contribution in [3.05, 3.63) is 0 Å². The molecule has 0 atom stereocenters. The molecule has 0 saturated carbocycles. The van der Waals surface area contributed by atoms with Crippen LogP contribution in [0.15, 0.2) is 0 Å². The Kier molecular flexibility index (Phi) is 2.96. The van der Waals surface area contributed by atoms with E-state index in [1.807, 2.05) is 0 Å². The quantitative estimate of drug-likeness (QED) is 0.513. The van der Waals surface area contributed by atoms with E-state index in [9.17, 15) is 0 Å². The van der Waals surface area contributed by atoms with E-state index in [1.165, 1.54) is 0 Å². The van der Waals surface area contributed by atoms with Crippen LogP contribution in [0.25, 0.3) is 0 Å². The predicted octanol–water partition coefficient (Wildman–Crippen LogP) is 0.241. The average molecular weight is 103 g/mol. The van der Waals surface area contributed by atoms with E-state index in [0.29, 0.717) is 6.10 Å². The lowest BCUT2D eigenvalue weighted by molar-refractivity contribution is 0.0600. The largest absolute Gasteiger partial charge is 0.379 e. The van der Waals surface area contributed by atoms with Crippen LogP contribution < -0.4 is 5.32 Å². The highest BCUT2D eigenvalue weighted by atomic mass is 16.5. The van der Waals surface area contributed by atoms with Gasteiger partial charge in [-0.1, -0.05) is 7.43 Å². The number of ether oxygens (including phenoxy) is 1. The summed E-state index contributed by atoms with van der Waals surface area (Å²) < 4.78 is 4.92. The molecule has 1 saturated heterocycles. The maximum atomic E-state index is 4.92. The van der Waals surface area contributed by atoms with Crippen LogP contribution in [0.2, 0.25) is 0 Å². The van der Waals surface area contributed by atoms with Gasteiger partial charge in [0.15, 0.2) is 0 Å². The van der Waals surface area contributed by atoms with Crippen LogP contribution in [0.4, 0.5) is 0 Å². The summed E-state index contributed by atoms with van der Waals surface area (Å²) in [7, 11) is 1.74. The summed E-state index contributed by atoms with van der Waals surface area (Å²) in [6.07, 6.45) is 0.505. The minimum atomic E-state index is 0. The minimum Gasteiger partial charge on any atom is -0.379 e. The summed E-state index contributed by atoms with van der Waals surface area (Å²) in [6, 6.07) is 0. The monoisotopic (exact) mass is 103 g/mol. The fourth-order valence-electron chi connectivity index (χ4n) is 0.429. The first-order valence-electron chi connectivity index (χ1n) is 2.17. The smallest absolute Gasteiger partial charge is 0.0819 e. The van der Waals surface area contributed by atoms with Crippen molar-refractivity contribution in [2.45, 2.75) is 13.5 Å². The number of methoxy groups -OCH3 is 1. The van der Waals surface area contributed by atoms with Gasteiger partial charge in [0, 0.05) is 20.2 Å². The number of hydrogen-bond donors (Lipinski definition) is 1. The lowest BCUT2D eigenvalue weighted by Gasteiger charge is -2.24. The van der Waals surface area contributed by atoms with Gasteiger partial charge in [-0.25, -0.2) is 0 Å². The fourth-order valence-corrected chi connectivity index (χ4v) is 0.429. The van der Waals surface area contributed by atoms with Crippen molar-refractivity contribution in [3.8, 4) is 0 Å². The molecule has 1 heterocycles. The average Bonchev–Trinajstić information content (AvgIpc) is 1.31. The van der Waals surface area contributed by atoms with Crippen LogP contribution in [-0.4, -0.2) is 26.3 Å². The first-order valence-corrected chi connectivity index (χ1v) is 2.17. The maximum absolute atomic E-state index is 4.92. The topological polar surface area (TPSA) is 21.3 Å². The molecule has 0 amide bonds. The second-order valence-electron chi connectivity index (χ2n) is 1.52. The predicted molar refractivity (Wildman–Crippen MR) is 30.4 cm³/mol. The summed E-state index contributed by atoms with van der Waals surface area (Å²) in [4.78, 5) is 0. The van der Waals surface area contributed by atoms with Gasteiger partial charge in [0.25, 0.3) is 0 Å². The zero-order chi connectivity index (χ0) is 4.41. The van der Waals surface area contributed by atoms with Crippen LogP contribution in [0.5, 0.6) is 0 Å². The van der Waals surface area contributed by atoms with E-state index in [0.717, 1.165) is 13.1 Å². The zero-order valence-electron chi connectivity index (χ0n) is 3.90. The molecule has 0 unspecified atom stereocenters. The van der Waals surface area contributed by atoms with Crippen molar-refractivity contribution < 1.29 is 4.74 Å². The molecular weight excluding hydrogens is 90.1 g/mol. The van der Waals surface area contributed by atoms with Gasteiger partial charge in [-0.3, -0.25) is 0 Å². The zero-order valence-corrected chi connectivity index (χ0v) is 3.90. The second-order valence-corrected chi connectivity index (χ2v) is 1.52. The summed E-state index contributed by atoms with van der Waals surface area (Å²) in [5.41, 5.74) is 0. The van der Waals surface area contributed by atoms with E-state index >= 15 is 0 Å². The molecule has 2 nitrogen and oxygen atoms in total. The Morgan fingerprint density at radius 3 is 2.14 bits per heavy atom.